The van der Waals surface area contributed by atoms with E-state index < -0.39 is 0 Å². The van der Waals surface area contributed by atoms with E-state index in [0.717, 1.165) is 25.1 Å². The van der Waals surface area contributed by atoms with Crippen molar-refractivity contribution in [3.05, 3.63) is 35.4 Å². The summed E-state index contributed by atoms with van der Waals surface area (Å²) in [5, 5.41) is 9.12. The number of piperidine rings is 1. The fourth-order valence-corrected chi connectivity index (χ4v) is 2.44. The molecule has 1 aromatic carbocycles. The van der Waals surface area contributed by atoms with E-state index in [-0.39, 0.29) is 30.3 Å². The molecule has 0 radical (unpaired) electrons. The van der Waals surface area contributed by atoms with Crippen LogP contribution in [0.5, 0.6) is 0 Å². The van der Waals surface area contributed by atoms with Gasteiger partial charge >= 0.3 is 0 Å². The molecule has 3 N–H and O–H groups in total. The normalized spacial score (nSPS) is 20.6. The quantitative estimate of drug-likeness (QED) is 0.785. The summed E-state index contributed by atoms with van der Waals surface area (Å²) < 4.78 is 0. The van der Waals surface area contributed by atoms with Crippen LogP contribution in [0.2, 0.25) is 0 Å². The topological polar surface area (TPSA) is 70.2 Å². The van der Waals surface area contributed by atoms with Crippen LogP contribution < -0.4 is 16.0 Å². The lowest BCUT2D eigenvalue weighted by molar-refractivity contribution is -0.119. The molecule has 0 saturated carbocycles. The fraction of sp³-hybridized carbons (Fsp3) is 0.500. The first kappa shape index (κ1) is 18.5. The molecule has 0 aliphatic carbocycles. The largest absolute Gasteiger partial charge is 0.352 e. The summed E-state index contributed by atoms with van der Waals surface area (Å²) in [7, 11) is 0. The first-order valence-electron chi connectivity index (χ1n) is 7.41. The fourth-order valence-electron chi connectivity index (χ4n) is 2.44. The van der Waals surface area contributed by atoms with Crippen molar-refractivity contribution in [3.63, 3.8) is 0 Å². The maximum absolute atomic E-state index is 12.2. The third-order valence-corrected chi connectivity index (χ3v) is 3.90. The van der Waals surface area contributed by atoms with Gasteiger partial charge in [0, 0.05) is 31.6 Å². The highest BCUT2D eigenvalue weighted by atomic mass is 35.5. The Morgan fingerprint density at radius 2 is 1.95 bits per heavy atom. The highest BCUT2D eigenvalue weighted by molar-refractivity contribution is 5.94. The van der Waals surface area contributed by atoms with Crippen LogP contribution >= 0.6 is 12.4 Å². The highest BCUT2D eigenvalue weighted by Gasteiger charge is 2.22. The van der Waals surface area contributed by atoms with Gasteiger partial charge in [0.1, 0.15) is 0 Å². The van der Waals surface area contributed by atoms with Crippen molar-refractivity contribution in [1.82, 2.24) is 16.0 Å². The third kappa shape index (κ3) is 5.31. The van der Waals surface area contributed by atoms with Crippen molar-refractivity contribution in [2.75, 3.05) is 13.1 Å². The Hall–Kier alpha value is -1.59. The van der Waals surface area contributed by atoms with Crippen LogP contribution in [-0.2, 0) is 11.3 Å². The van der Waals surface area contributed by atoms with Gasteiger partial charge in [-0.1, -0.05) is 19.1 Å². The zero-order chi connectivity index (χ0) is 15.2. The van der Waals surface area contributed by atoms with Crippen LogP contribution in [0.25, 0.3) is 0 Å². The molecule has 2 unspecified atom stereocenters. The standard InChI is InChI=1S/C16H23N3O2.ClH/c1-11-7-8-17-10-15(11)19-16(21)14-5-3-13(4-6-14)9-18-12(2)20;/h3-6,11,15,17H,7-10H2,1-2H3,(H,18,20)(H,19,21);1H. The minimum Gasteiger partial charge on any atom is -0.352 e. The molecule has 1 fully saturated rings. The van der Waals surface area contributed by atoms with Gasteiger partial charge in [-0.05, 0) is 36.6 Å². The second-order valence-corrected chi connectivity index (χ2v) is 5.66. The Bertz CT molecular complexity index is 505. The third-order valence-electron chi connectivity index (χ3n) is 3.90. The van der Waals surface area contributed by atoms with Crippen molar-refractivity contribution < 1.29 is 9.59 Å². The van der Waals surface area contributed by atoms with Crippen molar-refractivity contribution in [2.24, 2.45) is 5.92 Å². The number of rotatable bonds is 4. The molecule has 0 aromatic heterocycles. The summed E-state index contributed by atoms with van der Waals surface area (Å²) in [5.74, 6) is 0.395. The number of halogens is 1. The number of carbonyl (C=O) groups excluding carboxylic acids is 2. The maximum atomic E-state index is 12.2. The number of hydrogen-bond acceptors (Lipinski definition) is 3. The van der Waals surface area contributed by atoms with Gasteiger partial charge in [-0.3, -0.25) is 9.59 Å². The molecule has 22 heavy (non-hydrogen) atoms. The van der Waals surface area contributed by atoms with Gasteiger partial charge in [0.05, 0.1) is 0 Å². The molecule has 6 heteroatoms. The molecule has 1 heterocycles. The van der Waals surface area contributed by atoms with Crippen molar-refractivity contribution in [2.45, 2.75) is 32.9 Å². The van der Waals surface area contributed by atoms with E-state index in [4.69, 9.17) is 0 Å². The second kappa shape index (κ2) is 8.76. The molecule has 0 bridgehead atoms. The molecule has 122 valence electrons. The van der Waals surface area contributed by atoms with Crippen molar-refractivity contribution >= 4 is 24.2 Å². The summed E-state index contributed by atoms with van der Waals surface area (Å²) in [6.45, 7) is 5.99. The van der Waals surface area contributed by atoms with E-state index in [1.54, 1.807) is 12.1 Å². The van der Waals surface area contributed by atoms with E-state index in [9.17, 15) is 9.59 Å². The molecular formula is C16H24ClN3O2. The maximum Gasteiger partial charge on any atom is 0.251 e. The van der Waals surface area contributed by atoms with Crippen LogP contribution in [0.3, 0.4) is 0 Å². The summed E-state index contributed by atoms with van der Waals surface area (Å²) in [6, 6.07) is 7.52. The molecule has 1 aromatic rings. The number of hydrogen-bond donors (Lipinski definition) is 3. The van der Waals surface area contributed by atoms with Crippen LogP contribution in [-0.4, -0.2) is 30.9 Å². The lowest BCUT2D eigenvalue weighted by Gasteiger charge is -2.30. The zero-order valence-corrected chi connectivity index (χ0v) is 13.8. The van der Waals surface area contributed by atoms with Crippen LogP contribution in [0.4, 0.5) is 0 Å². The minimum atomic E-state index is -0.0596. The molecule has 1 saturated heterocycles. The van der Waals surface area contributed by atoms with Gasteiger partial charge < -0.3 is 16.0 Å². The predicted molar refractivity (Wildman–Crippen MR) is 89.1 cm³/mol. The Morgan fingerprint density at radius 1 is 1.27 bits per heavy atom. The second-order valence-electron chi connectivity index (χ2n) is 5.66. The monoisotopic (exact) mass is 325 g/mol. The molecule has 2 amide bonds. The molecule has 1 aliphatic rings. The zero-order valence-electron chi connectivity index (χ0n) is 13.0. The Balaban J connectivity index is 0.00000242. The van der Waals surface area contributed by atoms with E-state index in [1.165, 1.54) is 6.92 Å². The number of nitrogens with one attached hydrogen (secondary N) is 3. The Kier molecular flexibility index (Phi) is 7.35. The van der Waals surface area contributed by atoms with E-state index in [1.807, 2.05) is 12.1 Å². The van der Waals surface area contributed by atoms with Gasteiger partial charge in [-0.2, -0.15) is 0 Å². The molecule has 5 nitrogen and oxygen atoms in total. The smallest absolute Gasteiger partial charge is 0.251 e. The predicted octanol–water partition coefficient (Wildman–Crippen LogP) is 1.47. The SMILES string of the molecule is CC(=O)NCc1ccc(C(=O)NC2CNCCC2C)cc1.Cl. The lowest BCUT2D eigenvalue weighted by atomic mass is 9.94. The molecule has 2 atom stereocenters. The van der Waals surface area contributed by atoms with Gasteiger partial charge in [0.15, 0.2) is 0 Å². The first-order chi connectivity index (χ1) is 10.1. The van der Waals surface area contributed by atoms with Crippen LogP contribution in [0.15, 0.2) is 24.3 Å². The van der Waals surface area contributed by atoms with Crippen molar-refractivity contribution in [1.29, 1.82) is 0 Å². The number of amides is 2. The number of benzene rings is 1. The van der Waals surface area contributed by atoms with Gasteiger partial charge in [-0.25, -0.2) is 0 Å². The van der Waals surface area contributed by atoms with Crippen molar-refractivity contribution in [3.8, 4) is 0 Å². The summed E-state index contributed by atoms with van der Waals surface area (Å²) in [5.41, 5.74) is 1.63. The van der Waals surface area contributed by atoms with E-state index >= 15 is 0 Å². The molecule has 0 spiro atoms. The summed E-state index contributed by atoms with van der Waals surface area (Å²) in [4.78, 5) is 23.1. The minimum absolute atomic E-state index is 0. The Labute approximate surface area is 137 Å². The Morgan fingerprint density at radius 3 is 2.55 bits per heavy atom. The average molecular weight is 326 g/mol. The van der Waals surface area contributed by atoms with Crippen LogP contribution in [0, 0.1) is 5.92 Å². The summed E-state index contributed by atoms with van der Waals surface area (Å²) >= 11 is 0. The van der Waals surface area contributed by atoms with Gasteiger partial charge in [0.2, 0.25) is 5.91 Å². The summed E-state index contributed by atoms with van der Waals surface area (Å²) in [6.07, 6.45) is 1.08. The van der Waals surface area contributed by atoms with Crippen LogP contribution in [0.1, 0.15) is 36.2 Å². The first-order valence-corrected chi connectivity index (χ1v) is 7.41. The van der Waals surface area contributed by atoms with E-state index in [0.29, 0.717) is 18.0 Å². The number of carbonyl (C=O) groups is 2. The average Bonchev–Trinajstić information content (AvgIpc) is 2.48. The molecule has 2 rings (SSSR count). The van der Waals surface area contributed by atoms with Gasteiger partial charge in [-0.15, -0.1) is 12.4 Å². The lowest BCUT2D eigenvalue weighted by Crippen LogP contribution is -2.50. The highest BCUT2D eigenvalue weighted by Crippen LogP contribution is 2.12. The molecular weight excluding hydrogens is 302 g/mol. The van der Waals surface area contributed by atoms with E-state index in [2.05, 4.69) is 22.9 Å². The molecule has 1 aliphatic heterocycles. The van der Waals surface area contributed by atoms with Gasteiger partial charge in [0.25, 0.3) is 5.91 Å².